The van der Waals surface area contributed by atoms with Gasteiger partial charge in [0.15, 0.2) is 5.78 Å². The van der Waals surface area contributed by atoms with E-state index in [1.807, 2.05) is 13.8 Å². The predicted molar refractivity (Wildman–Crippen MR) is 86.9 cm³/mol. The molecule has 1 atom stereocenters. The van der Waals surface area contributed by atoms with Crippen molar-refractivity contribution in [2.75, 3.05) is 13.1 Å². The van der Waals surface area contributed by atoms with Gasteiger partial charge in [-0.15, -0.1) is 0 Å². The highest BCUT2D eigenvalue weighted by molar-refractivity contribution is 9.10. The molecule has 1 aliphatic heterocycles. The maximum Gasteiger partial charge on any atom is 0.157 e. The molecule has 1 saturated heterocycles. The summed E-state index contributed by atoms with van der Waals surface area (Å²) in [6, 6.07) is 4.91. The Kier molecular flexibility index (Phi) is 5.55. The Morgan fingerprint density at radius 2 is 2.00 bits per heavy atom. The molecule has 1 aromatic carbocycles. The van der Waals surface area contributed by atoms with E-state index in [0.717, 1.165) is 32.4 Å². The fourth-order valence-corrected chi connectivity index (χ4v) is 3.35. The van der Waals surface area contributed by atoms with Gasteiger partial charge in [0.2, 0.25) is 0 Å². The molecule has 0 radical (unpaired) electrons. The third-order valence-electron chi connectivity index (χ3n) is 4.71. The van der Waals surface area contributed by atoms with Crippen molar-refractivity contribution < 1.29 is 9.18 Å². The monoisotopic (exact) mass is 355 g/mol. The molecule has 0 bridgehead atoms. The van der Waals surface area contributed by atoms with Crippen LogP contribution in [-0.2, 0) is 11.2 Å². The second-order valence-corrected chi connectivity index (χ2v) is 6.93. The molecular weight excluding hydrogens is 333 g/mol. The zero-order valence-corrected chi connectivity index (χ0v) is 14.4. The number of carbonyl (C=O) groups excluding carboxylic acids is 1. The predicted octanol–water partition coefficient (Wildman–Crippen LogP) is 4.35. The van der Waals surface area contributed by atoms with Crippen molar-refractivity contribution in [2.45, 2.75) is 51.5 Å². The summed E-state index contributed by atoms with van der Waals surface area (Å²) in [5.41, 5.74) is 0.0137. The number of ketones is 1. The van der Waals surface area contributed by atoms with Crippen molar-refractivity contribution in [3.8, 4) is 0 Å². The third-order valence-corrected chi connectivity index (χ3v) is 5.20. The van der Waals surface area contributed by atoms with Crippen LogP contribution in [0.5, 0.6) is 0 Å². The lowest BCUT2D eigenvalue weighted by molar-refractivity contribution is -0.130. The second kappa shape index (κ2) is 7.01. The molecule has 0 aliphatic carbocycles. The summed E-state index contributed by atoms with van der Waals surface area (Å²) in [5, 5.41) is 0. The highest BCUT2D eigenvalue weighted by Crippen LogP contribution is 2.27. The second-order valence-electron chi connectivity index (χ2n) is 6.01. The van der Waals surface area contributed by atoms with Crippen molar-refractivity contribution in [2.24, 2.45) is 0 Å². The first-order valence-electron chi connectivity index (χ1n) is 7.69. The Morgan fingerprint density at radius 3 is 2.57 bits per heavy atom. The number of piperidine rings is 1. The van der Waals surface area contributed by atoms with E-state index in [9.17, 15) is 9.18 Å². The minimum absolute atomic E-state index is 0.119. The zero-order valence-electron chi connectivity index (χ0n) is 12.8. The van der Waals surface area contributed by atoms with Gasteiger partial charge in [0.25, 0.3) is 0 Å². The summed E-state index contributed by atoms with van der Waals surface area (Å²) in [6.07, 6.45) is 4.47. The summed E-state index contributed by atoms with van der Waals surface area (Å²) in [6.45, 7) is 6.00. The van der Waals surface area contributed by atoms with Gasteiger partial charge in [0.1, 0.15) is 5.82 Å². The van der Waals surface area contributed by atoms with E-state index in [2.05, 4.69) is 20.8 Å². The summed E-state index contributed by atoms with van der Waals surface area (Å²) in [7, 11) is 0. The largest absolute Gasteiger partial charge is 0.297 e. The van der Waals surface area contributed by atoms with Crippen LogP contribution in [-0.4, -0.2) is 29.3 Å². The molecule has 1 fully saturated rings. The number of hydrogen-bond donors (Lipinski definition) is 0. The minimum Gasteiger partial charge on any atom is -0.297 e. The van der Waals surface area contributed by atoms with Crippen LogP contribution in [0, 0.1) is 5.82 Å². The molecule has 1 aromatic rings. The number of benzene rings is 1. The van der Waals surface area contributed by atoms with Gasteiger partial charge in [0.05, 0.1) is 5.54 Å². The molecule has 2 rings (SSSR count). The third kappa shape index (κ3) is 3.72. The number of carbonyl (C=O) groups is 1. The summed E-state index contributed by atoms with van der Waals surface area (Å²) < 4.78 is 14.6. The Balaban J connectivity index is 2.15. The van der Waals surface area contributed by atoms with E-state index in [1.165, 1.54) is 12.5 Å². The standard InChI is InChI=1S/C17H23BrFNO/c1-3-17(2,20-9-5-4-6-10-20)16(21)11-13-7-8-14(18)12-15(13)19/h7-8,12H,3-6,9-11H2,1-2H3. The summed E-state index contributed by atoms with van der Waals surface area (Å²) in [4.78, 5) is 15.1. The van der Waals surface area contributed by atoms with E-state index in [-0.39, 0.29) is 18.0 Å². The fourth-order valence-electron chi connectivity index (χ4n) is 3.01. The molecule has 116 valence electrons. The van der Waals surface area contributed by atoms with Crippen LogP contribution < -0.4 is 0 Å². The van der Waals surface area contributed by atoms with Crippen molar-refractivity contribution in [1.29, 1.82) is 0 Å². The van der Waals surface area contributed by atoms with Crippen molar-refractivity contribution in [1.82, 2.24) is 4.90 Å². The van der Waals surface area contributed by atoms with Crippen LogP contribution in [0.1, 0.15) is 45.1 Å². The number of rotatable bonds is 5. The number of hydrogen-bond acceptors (Lipinski definition) is 2. The first kappa shape index (κ1) is 16.6. The fraction of sp³-hybridized carbons (Fsp3) is 0.588. The molecule has 0 N–H and O–H groups in total. The lowest BCUT2D eigenvalue weighted by Gasteiger charge is -2.42. The molecule has 1 heterocycles. The number of Topliss-reactive ketones (excluding diaryl/α,β-unsaturated/α-hetero) is 1. The normalized spacial score (nSPS) is 19.2. The van der Waals surface area contributed by atoms with Gasteiger partial charge in [0, 0.05) is 10.9 Å². The molecule has 0 spiro atoms. The van der Waals surface area contributed by atoms with Gasteiger partial charge < -0.3 is 0 Å². The lowest BCUT2D eigenvalue weighted by Crippen LogP contribution is -2.54. The average molecular weight is 356 g/mol. The van der Waals surface area contributed by atoms with Gasteiger partial charge in [-0.1, -0.05) is 35.3 Å². The summed E-state index contributed by atoms with van der Waals surface area (Å²) in [5.74, 6) is -0.192. The maximum atomic E-state index is 13.9. The molecular formula is C17H23BrFNO. The number of halogens is 2. The molecule has 0 saturated carbocycles. The lowest BCUT2D eigenvalue weighted by atomic mass is 9.85. The molecule has 2 nitrogen and oxygen atoms in total. The quantitative estimate of drug-likeness (QED) is 0.782. The maximum absolute atomic E-state index is 13.9. The van der Waals surface area contributed by atoms with E-state index in [0.29, 0.717) is 10.0 Å². The van der Waals surface area contributed by atoms with Gasteiger partial charge in [-0.2, -0.15) is 0 Å². The smallest absolute Gasteiger partial charge is 0.157 e. The Bertz CT molecular complexity index is 514. The summed E-state index contributed by atoms with van der Waals surface area (Å²) >= 11 is 3.25. The molecule has 0 amide bonds. The van der Waals surface area contributed by atoms with E-state index in [4.69, 9.17) is 0 Å². The van der Waals surface area contributed by atoms with Crippen LogP contribution in [0.25, 0.3) is 0 Å². The van der Waals surface area contributed by atoms with Crippen LogP contribution in [0.15, 0.2) is 22.7 Å². The molecule has 1 aliphatic rings. The Labute approximate surface area is 134 Å². The average Bonchev–Trinajstić information content (AvgIpc) is 2.50. The van der Waals surface area contributed by atoms with Gasteiger partial charge in [-0.05, 0) is 57.0 Å². The highest BCUT2D eigenvalue weighted by Gasteiger charge is 2.37. The SMILES string of the molecule is CCC(C)(C(=O)Cc1ccc(Br)cc1F)N1CCCCC1. The Morgan fingerprint density at radius 1 is 1.33 bits per heavy atom. The van der Waals surface area contributed by atoms with Gasteiger partial charge >= 0.3 is 0 Å². The topological polar surface area (TPSA) is 20.3 Å². The minimum atomic E-state index is -0.472. The first-order valence-corrected chi connectivity index (χ1v) is 8.49. The van der Waals surface area contributed by atoms with E-state index in [1.54, 1.807) is 12.1 Å². The van der Waals surface area contributed by atoms with Gasteiger partial charge in [-0.3, -0.25) is 9.69 Å². The van der Waals surface area contributed by atoms with Crippen molar-refractivity contribution >= 4 is 21.7 Å². The van der Waals surface area contributed by atoms with Crippen LogP contribution in [0.4, 0.5) is 4.39 Å². The molecule has 1 unspecified atom stereocenters. The van der Waals surface area contributed by atoms with Crippen molar-refractivity contribution in [3.05, 3.63) is 34.1 Å². The zero-order chi connectivity index (χ0) is 15.5. The van der Waals surface area contributed by atoms with E-state index >= 15 is 0 Å². The number of nitrogens with zero attached hydrogens (tertiary/aromatic N) is 1. The highest BCUT2D eigenvalue weighted by atomic mass is 79.9. The molecule has 0 aromatic heterocycles. The van der Waals surface area contributed by atoms with Crippen LogP contribution >= 0.6 is 15.9 Å². The van der Waals surface area contributed by atoms with Crippen molar-refractivity contribution in [3.63, 3.8) is 0 Å². The number of likely N-dealkylation sites (tertiary alicyclic amines) is 1. The van der Waals surface area contributed by atoms with Gasteiger partial charge in [-0.25, -0.2) is 4.39 Å². The first-order chi connectivity index (χ1) is 9.97. The van der Waals surface area contributed by atoms with Crippen LogP contribution in [0.3, 0.4) is 0 Å². The molecule has 21 heavy (non-hydrogen) atoms. The Hall–Kier alpha value is -0.740. The molecule has 4 heteroatoms. The van der Waals surface area contributed by atoms with Crippen LogP contribution in [0.2, 0.25) is 0 Å². The van der Waals surface area contributed by atoms with E-state index < -0.39 is 5.54 Å².